The average Bonchev–Trinajstić information content (AvgIpc) is 2.27. The molecule has 0 amide bonds. The second-order valence-electron chi connectivity index (χ2n) is 3.50. The minimum Gasteiger partial charge on any atom is -0.464 e. The molecule has 0 aliphatic carbocycles. The van der Waals surface area contributed by atoms with Crippen LogP contribution in [0.3, 0.4) is 0 Å². The van der Waals surface area contributed by atoms with Crippen LogP contribution >= 0.6 is 0 Å². The zero-order valence-corrected chi connectivity index (χ0v) is 8.81. The molecule has 0 radical (unpaired) electrons. The number of rotatable bonds is 3. The molecule has 0 aromatic rings. The smallest absolute Gasteiger partial charge is 0.338 e. The minimum absolute atomic E-state index is 0.105. The SMILES string of the molecule is CCOC(=O)[C@@H]1O[C@H](CO)C(O)[C@H](O)C1O. The predicted octanol–water partition coefficient (Wildman–Crippen LogP) is -2.61. The lowest BCUT2D eigenvalue weighted by Gasteiger charge is -2.38. The molecule has 7 heteroatoms. The molecule has 1 saturated heterocycles. The van der Waals surface area contributed by atoms with Gasteiger partial charge in [-0.05, 0) is 6.92 Å². The van der Waals surface area contributed by atoms with Gasteiger partial charge in [-0.25, -0.2) is 4.79 Å². The van der Waals surface area contributed by atoms with Gasteiger partial charge in [0, 0.05) is 0 Å². The summed E-state index contributed by atoms with van der Waals surface area (Å²) in [5.41, 5.74) is 0. The molecule has 16 heavy (non-hydrogen) atoms. The largest absolute Gasteiger partial charge is 0.464 e. The number of carbonyl (C=O) groups excluding carboxylic acids is 1. The lowest BCUT2D eigenvalue weighted by atomic mass is 9.95. The van der Waals surface area contributed by atoms with Gasteiger partial charge in [-0.15, -0.1) is 0 Å². The standard InChI is InChI=1S/C9H16O7/c1-2-15-9(14)8-7(13)6(12)5(11)4(3-10)16-8/h4-8,10-13H,2-3H2,1H3/t4-,5?,6+,7?,8-/m1/s1. The van der Waals surface area contributed by atoms with Crippen LogP contribution in [0.15, 0.2) is 0 Å². The van der Waals surface area contributed by atoms with Crippen LogP contribution in [0.25, 0.3) is 0 Å². The van der Waals surface area contributed by atoms with Gasteiger partial charge in [0.05, 0.1) is 13.2 Å². The van der Waals surface area contributed by atoms with Gasteiger partial charge in [-0.1, -0.05) is 0 Å². The predicted molar refractivity (Wildman–Crippen MR) is 50.4 cm³/mol. The van der Waals surface area contributed by atoms with E-state index >= 15 is 0 Å². The molecule has 0 bridgehead atoms. The molecule has 94 valence electrons. The molecule has 1 aliphatic rings. The summed E-state index contributed by atoms with van der Waals surface area (Å²) in [4.78, 5) is 11.3. The van der Waals surface area contributed by atoms with E-state index in [-0.39, 0.29) is 6.61 Å². The fourth-order valence-corrected chi connectivity index (χ4v) is 1.52. The molecule has 2 unspecified atom stereocenters. The van der Waals surface area contributed by atoms with Crippen LogP contribution in [0.5, 0.6) is 0 Å². The molecule has 1 aliphatic heterocycles. The Morgan fingerprint density at radius 1 is 1.25 bits per heavy atom. The Hall–Kier alpha value is -0.730. The van der Waals surface area contributed by atoms with Crippen LogP contribution in [0, 0.1) is 0 Å². The van der Waals surface area contributed by atoms with Gasteiger partial charge in [-0.3, -0.25) is 0 Å². The number of aliphatic hydroxyl groups excluding tert-OH is 4. The molecule has 0 aromatic carbocycles. The van der Waals surface area contributed by atoms with Crippen LogP contribution in [0.2, 0.25) is 0 Å². The highest BCUT2D eigenvalue weighted by Gasteiger charge is 2.47. The first-order valence-corrected chi connectivity index (χ1v) is 5.00. The van der Waals surface area contributed by atoms with Gasteiger partial charge in [0.2, 0.25) is 0 Å². The Kier molecular flexibility index (Phi) is 4.63. The first kappa shape index (κ1) is 13.3. The van der Waals surface area contributed by atoms with Crippen molar-refractivity contribution < 1.29 is 34.7 Å². The highest BCUT2D eigenvalue weighted by atomic mass is 16.6. The van der Waals surface area contributed by atoms with Crippen molar-refractivity contribution in [3.8, 4) is 0 Å². The van der Waals surface area contributed by atoms with Gasteiger partial charge >= 0.3 is 5.97 Å². The van der Waals surface area contributed by atoms with Crippen molar-refractivity contribution in [1.82, 2.24) is 0 Å². The van der Waals surface area contributed by atoms with Crippen molar-refractivity contribution in [3.05, 3.63) is 0 Å². The molecule has 0 aromatic heterocycles. The summed E-state index contributed by atoms with van der Waals surface area (Å²) in [5, 5.41) is 37.2. The van der Waals surface area contributed by atoms with Gasteiger partial charge in [0.1, 0.15) is 24.4 Å². The quantitative estimate of drug-likeness (QED) is 0.397. The first-order chi connectivity index (χ1) is 7.52. The maximum atomic E-state index is 11.3. The Labute approximate surface area is 92.2 Å². The second kappa shape index (κ2) is 5.55. The number of carbonyl (C=O) groups is 1. The molecule has 1 heterocycles. The molecule has 4 N–H and O–H groups in total. The molecule has 0 spiro atoms. The normalized spacial score (nSPS) is 39.4. The van der Waals surface area contributed by atoms with E-state index < -0.39 is 43.1 Å². The molecular weight excluding hydrogens is 220 g/mol. The number of ether oxygens (including phenoxy) is 2. The lowest BCUT2D eigenvalue weighted by Crippen LogP contribution is -2.60. The monoisotopic (exact) mass is 236 g/mol. The highest BCUT2D eigenvalue weighted by molar-refractivity contribution is 5.75. The van der Waals surface area contributed by atoms with E-state index in [1.807, 2.05) is 0 Å². The van der Waals surface area contributed by atoms with Crippen LogP contribution in [-0.2, 0) is 14.3 Å². The van der Waals surface area contributed by atoms with E-state index in [4.69, 9.17) is 9.84 Å². The van der Waals surface area contributed by atoms with Crippen LogP contribution in [0.1, 0.15) is 6.92 Å². The lowest BCUT2D eigenvalue weighted by molar-refractivity contribution is -0.235. The first-order valence-electron chi connectivity index (χ1n) is 5.00. The van der Waals surface area contributed by atoms with Crippen LogP contribution < -0.4 is 0 Å². The van der Waals surface area contributed by atoms with Crippen molar-refractivity contribution in [3.63, 3.8) is 0 Å². The fraction of sp³-hybridized carbons (Fsp3) is 0.889. The zero-order chi connectivity index (χ0) is 12.3. The topological polar surface area (TPSA) is 116 Å². The summed E-state index contributed by atoms with van der Waals surface area (Å²) < 4.78 is 9.59. The third kappa shape index (κ3) is 2.50. The van der Waals surface area contributed by atoms with Crippen LogP contribution in [0.4, 0.5) is 0 Å². The Balaban J connectivity index is 2.74. The summed E-state index contributed by atoms with van der Waals surface area (Å²) in [5.74, 6) is -0.834. The third-order valence-electron chi connectivity index (χ3n) is 2.41. The third-order valence-corrected chi connectivity index (χ3v) is 2.41. The summed E-state index contributed by atoms with van der Waals surface area (Å²) >= 11 is 0. The summed E-state index contributed by atoms with van der Waals surface area (Å²) in [6.07, 6.45) is -7.08. The summed E-state index contributed by atoms with van der Waals surface area (Å²) in [7, 11) is 0. The molecule has 0 saturated carbocycles. The Morgan fingerprint density at radius 2 is 1.88 bits per heavy atom. The number of hydrogen-bond donors (Lipinski definition) is 4. The maximum Gasteiger partial charge on any atom is 0.338 e. The highest BCUT2D eigenvalue weighted by Crippen LogP contribution is 2.21. The van der Waals surface area contributed by atoms with E-state index in [9.17, 15) is 20.1 Å². The molecule has 7 nitrogen and oxygen atoms in total. The molecule has 1 fully saturated rings. The van der Waals surface area contributed by atoms with E-state index in [1.54, 1.807) is 6.92 Å². The summed E-state index contributed by atoms with van der Waals surface area (Å²) in [6, 6.07) is 0. The van der Waals surface area contributed by atoms with E-state index in [0.717, 1.165) is 0 Å². The van der Waals surface area contributed by atoms with E-state index in [0.29, 0.717) is 0 Å². The van der Waals surface area contributed by atoms with Crippen molar-refractivity contribution in [2.24, 2.45) is 0 Å². The Morgan fingerprint density at radius 3 is 2.38 bits per heavy atom. The average molecular weight is 236 g/mol. The summed E-state index contributed by atoms with van der Waals surface area (Å²) in [6.45, 7) is 1.12. The van der Waals surface area contributed by atoms with E-state index in [1.165, 1.54) is 0 Å². The molecule has 1 rings (SSSR count). The van der Waals surface area contributed by atoms with Crippen molar-refractivity contribution >= 4 is 5.97 Å². The van der Waals surface area contributed by atoms with Gasteiger partial charge in [0.15, 0.2) is 6.10 Å². The van der Waals surface area contributed by atoms with Gasteiger partial charge in [-0.2, -0.15) is 0 Å². The number of hydrogen-bond acceptors (Lipinski definition) is 7. The number of aliphatic hydroxyl groups is 4. The van der Waals surface area contributed by atoms with Gasteiger partial charge in [0.25, 0.3) is 0 Å². The molecular formula is C9H16O7. The van der Waals surface area contributed by atoms with Gasteiger partial charge < -0.3 is 29.9 Å². The van der Waals surface area contributed by atoms with Crippen molar-refractivity contribution in [1.29, 1.82) is 0 Å². The molecule has 5 atom stereocenters. The zero-order valence-electron chi connectivity index (χ0n) is 8.81. The van der Waals surface area contributed by atoms with Crippen molar-refractivity contribution in [2.45, 2.75) is 37.4 Å². The fourth-order valence-electron chi connectivity index (χ4n) is 1.52. The second-order valence-corrected chi connectivity index (χ2v) is 3.50. The Bertz CT molecular complexity index is 242. The van der Waals surface area contributed by atoms with Crippen molar-refractivity contribution in [2.75, 3.05) is 13.2 Å². The van der Waals surface area contributed by atoms with Crippen LogP contribution in [-0.4, -0.2) is 70.1 Å². The number of esters is 1. The minimum atomic E-state index is -1.57. The van der Waals surface area contributed by atoms with E-state index in [2.05, 4.69) is 4.74 Å². The maximum absolute atomic E-state index is 11.3.